The summed E-state index contributed by atoms with van der Waals surface area (Å²) in [6, 6.07) is 7.68. The number of amides is 1. The predicted octanol–water partition coefficient (Wildman–Crippen LogP) is 5.07. The zero-order valence-corrected chi connectivity index (χ0v) is 17.5. The van der Waals surface area contributed by atoms with E-state index in [1.807, 2.05) is 31.2 Å². The third kappa shape index (κ3) is 5.03. The van der Waals surface area contributed by atoms with Crippen LogP contribution in [0.5, 0.6) is 0 Å². The SMILES string of the molecule is Cc1c(Cl)cccc1Nc1cc(C(C)C)c(C(=O)NCC2CCOCC2)cn1. The van der Waals surface area contributed by atoms with E-state index in [0.29, 0.717) is 28.9 Å². The highest BCUT2D eigenvalue weighted by molar-refractivity contribution is 6.31. The number of rotatable bonds is 6. The van der Waals surface area contributed by atoms with Gasteiger partial charge in [-0.3, -0.25) is 4.79 Å². The summed E-state index contributed by atoms with van der Waals surface area (Å²) < 4.78 is 5.38. The minimum atomic E-state index is -0.0619. The molecule has 5 nitrogen and oxygen atoms in total. The molecule has 150 valence electrons. The van der Waals surface area contributed by atoms with Gasteiger partial charge in [0.15, 0.2) is 0 Å². The summed E-state index contributed by atoms with van der Waals surface area (Å²) in [6.45, 7) is 8.37. The Morgan fingerprint density at radius 2 is 2.07 bits per heavy atom. The van der Waals surface area contributed by atoms with Crippen LogP contribution >= 0.6 is 11.6 Å². The van der Waals surface area contributed by atoms with E-state index in [1.54, 1.807) is 6.20 Å². The van der Waals surface area contributed by atoms with Gasteiger partial charge in [0.2, 0.25) is 0 Å². The first-order valence-electron chi connectivity index (χ1n) is 9.83. The molecule has 1 aromatic heterocycles. The molecule has 0 atom stereocenters. The first-order chi connectivity index (χ1) is 13.5. The number of ether oxygens (including phenoxy) is 1. The molecular weight excluding hydrogens is 374 g/mol. The van der Waals surface area contributed by atoms with E-state index in [2.05, 4.69) is 29.5 Å². The fraction of sp³-hybridized carbons (Fsp3) is 0.455. The smallest absolute Gasteiger partial charge is 0.253 e. The maximum atomic E-state index is 12.8. The van der Waals surface area contributed by atoms with Gasteiger partial charge in [-0.25, -0.2) is 4.98 Å². The van der Waals surface area contributed by atoms with Crippen molar-refractivity contribution < 1.29 is 9.53 Å². The standard InChI is InChI=1S/C22H28ClN3O2/c1-14(2)17-11-21(26-20-6-4-5-19(23)15(20)3)24-13-18(17)22(27)25-12-16-7-9-28-10-8-16/h4-6,11,13-14,16H,7-10,12H2,1-3H3,(H,24,26)(H,25,27). The number of carbonyl (C=O) groups is 1. The molecular formula is C22H28ClN3O2. The molecule has 0 saturated carbocycles. The molecule has 0 unspecified atom stereocenters. The molecule has 6 heteroatoms. The molecule has 3 rings (SSSR count). The van der Waals surface area contributed by atoms with Crippen LogP contribution in [0.3, 0.4) is 0 Å². The monoisotopic (exact) mass is 401 g/mol. The number of pyridine rings is 1. The van der Waals surface area contributed by atoms with Crippen molar-refractivity contribution in [2.24, 2.45) is 5.92 Å². The number of halogens is 1. The molecule has 1 aromatic carbocycles. The van der Waals surface area contributed by atoms with Crippen molar-refractivity contribution in [1.29, 1.82) is 0 Å². The van der Waals surface area contributed by atoms with Gasteiger partial charge in [0.25, 0.3) is 5.91 Å². The van der Waals surface area contributed by atoms with Crippen LogP contribution < -0.4 is 10.6 Å². The summed E-state index contributed by atoms with van der Waals surface area (Å²) >= 11 is 6.21. The first-order valence-corrected chi connectivity index (χ1v) is 10.2. The molecule has 0 bridgehead atoms. The Hall–Kier alpha value is -2.11. The van der Waals surface area contributed by atoms with E-state index in [9.17, 15) is 4.79 Å². The van der Waals surface area contributed by atoms with Crippen molar-refractivity contribution in [2.75, 3.05) is 25.1 Å². The molecule has 2 aromatic rings. The summed E-state index contributed by atoms with van der Waals surface area (Å²) in [5, 5.41) is 7.10. The lowest BCUT2D eigenvalue weighted by Crippen LogP contribution is -2.32. The normalized spacial score (nSPS) is 14.9. The predicted molar refractivity (Wildman–Crippen MR) is 114 cm³/mol. The Bertz CT molecular complexity index is 833. The lowest BCUT2D eigenvalue weighted by molar-refractivity contribution is 0.0642. The van der Waals surface area contributed by atoms with E-state index in [0.717, 1.165) is 42.9 Å². The Morgan fingerprint density at radius 3 is 2.79 bits per heavy atom. The summed E-state index contributed by atoms with van der Waals surface area (Å²) in [7, 11) is 0. The number of benzene rings is 1. The van der Waals surface area contributed by atoms with Crippen LogP contribution in [-0.4, -0.2) is 30.6 Å². The number of carbonyl (C=O) groups excluding carboxylic acids is 1. The highest BCUT2D eigenvalue weighted by Crippen LogP contribution is 2.28. The van der Waals surface area contributed by atoms with Gasteiger partial charge in [-0.05, 0) is 60.9 Å². The molecule has 1 aliphatic rings. The second kappa shape index (κ2) is 9.39. The maximum absolute atomic E-state index is 12.8. The highest BCUT2D eigenvalue weighted by Gasteiger charge is 2.19. The van der Waals surface area contributed by atoms with Crippen LogP contribution in [0.25, 0.3) is 0 Å². The van der Waals surface area contributed by atoms with E-state index >= 15 is 0 Å². The van der Waals surface area contributed by atoms with Crippen molar-refractivity contribution in [3.8, 4) is 0 Å². The summed E-state index contributed by atoms with van der Waals surface area (Å²) in [4.78, 5) is 17.2. The quantitative estimate of drug-likeness (QED) is 0.709. The largest absolute Gasteiger partial charge is 0.381 e. The third-order valence-electron chi connectivity index (χ3n) is 5.23. The van der Waals surface area contributed by atoms with Crippen molar-refractivity contribution >= 4 is 29.0 Å². The molecule has 1 amide bonds. The highest BCUT2D eigenvalue weighted by atomic mass is 35.5. The second-order valence-corrected chi connectivity index (χ2v) is 8.02. The Labute approximate surface area is 171 Å². The van der Waals surface area contributed by atoms with Crippen LogP contribution in [0.2, 0.25) is 5.02 Å². The van der Waals surface area contributed by atoms with Crippen molar-refractivity contribution in [2.45, 2.75) is 39.5 Å². The minimum absolute atomic E-state index is 0.0619. The lowest BCUT2D eigenvalue weighted by atomic mass is 9.97. The number of hydrogen-bond acceptors (Lipinski definition) is 4. The molecule has 28 heavy (non-hydrogen) atoms. The van der Waals surface area contributed by atoms with E-state index < -0.39 is 0 Å². The van der Waals surface area contributed by atoms with Gasteiger partial charge in [-0.15, -0.1) is 0 Å². The lowest BCUT2D eigenvalue weighted by Gasteiger charge is -2.22. The van der Waals surface area contributed by atoms with Crippen LogP contribution in [-0.2, 0) is 4.74 Å². The average Bonchev–Trinajstić information content (AvgIpc) is 2.70. The summed E-state index contributed by atoms with van der Waals surface area (Å²) in [5.74, 6) is 1.33. The van der Waals surface area contributed by atoms with Crippen molar-refractivity contribution in [3.05, 3.63) is 52.2 Å². The zero-order valence-electron chi connectivity index (χ0n) is 16.7. The van der Waals surface area contributed by atoms with Gasteiger partial charge < -0.3 is 15.4 Å². The van der Waals surface area contributed by atoms with Gasteiger partial charge in [-0.2, -0.15) is 0 Å². The molecule has 1 aliphatic heterocycles. The number of nitrogens with zero attached hydrogens (tertiary/aromatic N) is 1. The van der Waals surface area contributed by atoms with Gasteiger partial charge in [0, 0.05) is 36.7 Å². The number of anilines is 2. The van der Waals surface area contributed by atoms with E-state index in [-0.39, 0.29) is 11.8 Å². The topological polar surface area (TPSA) is 63.2 Å². The minimum Gasteiger partial charge on any atom is -0.381 e. The van der Waals surface area contributed by atoms with Crippen LogP contribution in [0.15, 0.2) is 30.5 Å². The molecule has 0 aliphatic carbocycles. The third-order valence-corrected chi connectivity index (χ3v) is 5.63. The Balaban J connectivity index is 1.75. The number of nitrogens with one attached hydrogen (secondary N) is 2. The second-order valence-electron chi connectivity index (χ2n) is 7.61. The molecule has 2 heterocycles. The van der Waals surface area contributed by atoms with Gasteiger partial charge in [0.1, 0.15) is 5.82 Å². The Kier molecular flexibility index (Phi) is 6.92. The summed E-state index contributed by atoms with van der Waals surface area (Å²) in [5.41, 5.74) is 3.49. The van der Waals surface area contributed by atoms with Gasteiger partial charge in [0.05, 0.1) is 5.56 Å². The van der Waals surface area contributed by atoms with Crippen LogP contribution in [0.4, 0.5) is 11.5 Å². The van der Waals surface area contributed by atoms with Crippen molar-refractivity contribution in [1.82, 2.24) is 10.3 Å². The van der Waals surface area contributed by atoms with E-state index in [4.69, 9.17) is 16.3 Å². The average molecular weight is 402 g/mol. The fourth-order valence-electron chi connectivity index (χ4n) is 3.37. The molecule has 1 fully saturated rings. The van der Waals surface area contributed by atoms with Gasteiger partial charge in [-0.1, -0.05) is 31.5 Å². The van der Waals surface area contributed by atoms with Crippen LogP contribution in [0.1, 0.15) is 54.1 Å². The fourth-order valence-corrected chi connectivity index (χ4v) is 3.54. The number of hydrogen-bond donors (Lipinski definition) is 2. The summed E-state index contributed by atoms with van der Waals surface area (Å²) in [6.07, 6.45) is 3.66. The zero-order chi connectivity index (χ0) is 20.1. The molecule has 2 N–H and O–H groups in total. The van der Waals surface area contributed by atoms with Crippen molar-refractivity contribution in [3.63, 3.8) is 0 Å². The van der Waals surface area contributed by atoms with Crippen LogP contribution in [0, 0.1) is 12.8 Å². The first kappa shape index (κ1) is 20.6. The maximum Gasteiger partial charge on any atom is 0.253 e. The number of aromatic nitrogens is 1. The molecule has 0 spiro atoms. The van der Waals surface area contributed by atoms with Gasteiger partial charge >= 0.3 is 0 Å². The van der Waals surface area contributed by atoms with E-state index in [1.165, 1.54) is 0 Å². The molecule has 0 radical (unpaired) electrons. The molecule has 1 saturated heterocycles. The Morgan fingerprint density at radius 1 is 1.32 bits per heavy atom.